The molecule has 2 aromatic rings. The van der Waals surface area contributed by atoms with Crippen molar-refractivity contribution in [2.24, 2.45) is 0 Å². The molecule has 0 radical (unpaired) electrons. The van der Waals surface area contributed by atoms with Crippen molar-refractivity contribution in [2.45, 2.75) is 0 Å². The van der Waals surface area contributed by atoms with Gasteiger partial charge in [0.15, 0.2) is 11.6 Å². The van der Waals surface area contributed by atoms with Crippen LogP contribution < -0.4 is 5.32 Å². The molecule has 1 amide bonds. The molecule has 2 rings (SSSR count). The molecule has 0 atom stereocenters. The van der Waals surface area contributed by atoms with Crippen molar-refractivity contribution < 1.29 is 18.5 Å². The van der Waals surface area contributed by atoms with Crippen molar-refractivity contribution in [2.75, 3.05) is 5.32 Å². The van der Waals surface area contributed by atoms with Crippen molar-refractivity contribution in [1.82, 2.24) is 4.98 Å². The highest BCUT2D eigenvalue weighted by Crippen LogP contribution is 2.21. The number of hydrogen-bond donors (Lipinski definition) is 1. The van der Waals surface area contributed by atoms with Crippen LogP contribution in [0.2, 0.25) is 5.15 Å². The molecule has 1 heterocycles. The van der Waals surface area contributed by atoms with E-state index in [1.807, 2.05) is 0 Å². The van der Waals surface area contributed by atoms with Crippen LogP contribution in [-0.4, -0.2) is 15.8 Å². The van der Waals surface area contributed by atoms with Gasteiger partial charge >= 0.3 is 0 Å². The van der Waals surface area contributed by atoms with Crippen LogP contribution in [0.3, 0.4) is 0 Å². The maximum Gasteiger partial charge on any atom is 0.288 e. The first-order valence-electron chi connectivity index (χ1n) is 5.45. The summed E-state index contributed by atoms with van der Waals surface area (Å²) in [7, 11) is 0. The number of aromatic nitrogens is 1. The molecule has 1 aromatic carbocycles. The van der Waals surface area contributed by atoms with Gasteiger partial charge in [0.25, 0.3) is 11.6 Å². The van der Waals surface area contributed by atoms with E-state index in [1.54, 1.807) is 0 Å². The van der Waals surface area contributed by atoms with E-state index in [4.69, 9.17) is 11.6 Å². The van der Waals surface area contributed by atoms with Gasteiger partial charge in [-0.2, -0.15) is 0 Å². The number of carbonyl (C=O) groups is 1. The second-order valence-corrected chi connectivity index (χ2v) is 4.23. The quantitative estimate of drug-likeness (QED) is 0.536. The van der Waals surface area contributed by atoms with Crippen molar-refractivity contribution in [3.63, 3.8) is 0 Å². The van der Waals surface area contributed by atoms with Gasteiger partial charge in [-0.3, -0.25) is 14.9 Å². The second-order valence-electron chi connectivity index (χ2n) is 3.87. The summed E-state index contributed by atoms with van der Waals surface area (Å²) in [6.45, 7) is 0. The van der Waals surface area contributed by atoms with E-state index in [0.29, 0.717) is 0 Å². The predicted molar refractivity (Wildman–Crippen MR) is 70.2 cm³/mol. The van der Waals surface area contributed by atoms with Crippen LogP contribution in [0.4, 0.5) is 20.2 Å². The Balaban J connectivity index is 2.29. The summed E-state index contributed by atoms with van der Waals surface area (Å²) in [5, 5.41) is 12.6. The highest BCUT2D eigenvalue weighted by atomic mass is 35.5. The monoisotopic (exact) mass is 313 g/mol. The fourth-order valence-electron chi connectivity index (χ4n) is 1.47. The zero-order valence-corrected chi connectivity index (χ0v) is 10.9. The smallest absolute Gasteiger partial charge is 0.288 e. The number of carbonyl (C=O) groups excluding carboxylic acids is 1. The van der Waals surface area contributed by atoms with Gasteiger partial charge in [0.05, 0.1) is 10.5 Å². The first kappa shape index (κ1) is 14.8. The highest BCUT2D eigenvalue weighted by molar-refractivity contribution is 6.33. The lowest BCUT2D eigenvalue weighted by molar-refractivity contribution is -0.385. The number of anilines is 1. The van der Waals surface area contributed by atoms with E-state index in [2.05, 4.69) is 10.3 Å². The van der Waals surface area contributed by atoms with E-state index >= 15 is 0 Å². The van der Waals surface area contributed by atoms with Gasteiger partial charge in [0.2, 0.25) is 0 Å². The Bertz CT molecular complexity index is 740. The van der Waals surface area contributed by atoms with Gasteiger partial charge in [-0.25, -0.2) is 13.8 Å². The Morgan fingerprint density at radius 2 is 2.00 bits per heavy atom. The normalized spacial score (nSPS) is 10.2. The van der Waals surface area contributed by atoms with Crippen molar-refractivity contribution in [3.05, 3.63) is 62.9 Å². The first-order chi connectivity index (χ1) is 9.88. The van der Waals surface area contributed by atoms with Crippen LogP contribution in [0.15, 0.2) is 30.5 Å². The number of rotatable bonds is 3. The molecule has 0 unspecified atom stereocenters. The minimum atomic E-state index is -1.14. The molecule has 9 heteroatoms. The van der Waals surface area contributed by atoms with Crippen molar-refractivity contribution in [3.8, 4) is 0 Å². The predicted octanol–water partition coefficient (Wildman–Crippen LogP) is 3.17. The summed E-state index contributed by atoms with van der Waals surface area (Å²) in [5.74, 6) is -3.04. The largest absolute Gasteiger partial charge is 0.322 e. The molecule has 1 aromatic heterocycles. The topological polar surface area (TPSA) is 85.1 Å². The molecule has 0 fully saturated rings. The molecule has 0 saturated carbocycles. The average molecular weight is 314 g/mol. The Morgan fingerprint density at radius 3 is 2.62 bits per heavy atom. The van der Waals surface area contributed by atoms with Crippen LogP contribution in [0.5, 0.6) is 0 Å². The Hall–Kier alpha value is -2.61. The summed E-state index contributed by atoms with van der Waals surface area (Å²) in [6.07, 6.45) is 0.899. The Labute approximate surface area is 121 Å². The first-order valence-corrected chi connectivity index (χ1v) is 5.82. The van der Waals surface area contributed by atoms with Crippen LogP contribution in [0.1, 0.15) is 10.4 Å². The van der Waals surface area contributed by atoms with Crippen LogP contribution in [-0.2, 0) is 0 Å². The van der Waals surface area contributed by atoms with E-state index in [0.717, 1.165) is 30.5 Å². The molecule has 108 valence electrons. The molecule has 0 bridgehead atoms. The summed E-state index contributed by atoms with van der Waals surface area (Å²) >= 11 is 5.69. The minimum absolute atomic E-state index is 0.0264. The lowest BCUT2D eigenvalue weighted by atomic mass is 10.2. The molecular weight excluding hydrogens is 308 g/mol. The summed E-state index contributed by atoms with van der Waals surface area (Å²) < 4.78 is 25.8. The number of amides is 1. The Kier molecular flexibility index (Phi) is 4.08. The molecule has 0 aliphatic heterocycles. The van der Waals surface area contributed by atoms with E-state index in [9.17, 15) is 23.7 Å². The van der Waals surface area contributed by atoms with Crippen molar-refractivity contribution in [1.29, 1.82) is 0 Å². The zero-order chi connectivity index (χ0) is 15.6. The zero-order valence-electron chi connectivity index (χ0n) is 10.1. The number of pyridine rings is 1. The molecule has 0 saturated heterocycles. The molecule has 6 nitrogen and oxygen atoms in total. The van der Waals surface area contributed by atoms with Gasteiger partial charge in [-0.1, -0.05) is 11.6 Å². The molecule has 21 heavy (non-hydrogen) atoms. The molecular formula is C12H6ClF2N3O3. The summed E-state index contributed by atoms with van der Waals surface area (Å²) in [5.41, 5.74) is -0.702. The van der Waals surface area contributed by atoms with Crippen LogP contribution >= 0.6 is 11.6 Å². The number of benzene rings is 1. The molecule has 1 N–H and O–H groups in total. The molecule has 0 aliphatic carbocycles. The number of nitrogens with one attached hydrogen (secondary N) is 1. The maximum atomic E-state index is 13.0. The third kappa shape index (κ3) is 3.29. The lowest BCUT2D eigenvalue weighted by Crippen LogP contribution is -2.13. The number of nitro groups is 1. The average Bonchev–Trinajstić information content (AvgIpc) is 2.43. The van der Waals surface area contributed by atoms with Gasteiger partial charge < -0.3 is 5.32 Å². The second kappa shape index (κ2) is 5.80. The summed E-state index contributed by atoms with van der Waals surface area (Å²) in [6, 6.07) is 3.67. The summed E-state index contributed by atoms with van der Waals surface area (Å²) in [4.78, 5) is 25.3. The van der Waals surface area contributed by atoms with Gasteiger partial charge in [-0.15, -0.1) is 0 Å². The van der Waals surface area contributed by atoms with Crippen molar-refractivity contribution >= 4 is 28.9 Å². The van der Waals surface area contributed by atoms with E-state index < -0.39 is 28.2 Å². The number of hydrogen-bond acceptors (Lipinski definition) is 4. The van der Waals surface area contributed by atoms with Gasteiger partial charge in [0, 0.05) is 17.8 Å². The SMILES string of the molecule is O=C(Nc1ccc(F)c(F)c1)c1cc([N+](=O)[O-])cnc1Cl. The van der Waals surface area contributed by atoms with E-state index in [1.165, 1.54) is 0 Å². The van der Waals surface area contributed by atoms with Crippen LogP contribution in [0, 0.1) is 21.7 Å². The fourth-order valence-corrected chi connectivity index (χ4v) is 1.66. The molecule has 0 aliphatic rings. The third-order valence-electron chi connectivity index (χ3n) is 2.46. The lowest BCUT2D eigenvalue weighted by Gasteiger charge is -2.06. The van der Waals surface area contributed by atoms with E-state index in [-0.39, 0.29) is 16.4 Å². The Morgan fingerprint density at radius 1 is 1.29 bits per heavy atom. The van der Waals surface area contributed by atoms with Gasteiger partial charge in [-0.05, 0) is 12.1 Å². The highest BCUT2D eigenvalue weighted by Gasteiger charge is 2.17. The van der Waals surface area contributed by atoms with Gasteiger partial charge in [0.1, 0.15) is 11.3 Å². The van der Waals surface area contributed by atoms with Crippen LogP contribution in [0.25, 0.3) is 0 Å². The minimum Gasteiger partial charge on any atom is -0.322 e. The third-order valence-corrected chi connectivity index (χ3v) is 2.76. The maximum absolute atomic E-state index is 13.0. The number of nitrogens with zero attached hydrogens (tertiary/aromatic N) is 2. The fraction of sp³-hybridized carbons (Fsp3) is 0. The molecule has 0 spiro atoms. The number of halogens is 3. The standard InChI is InChI=1S/C12H6ClF2N3O3/c13-11-8(4-7(5-16-11)18(20)21)12(19)17-6-1-2-9(14)10(15)3-6/h1-5H,(H,17,19).